The maximum atomic E-state index is 12.3. The summed E-state index contributed by atoms with van der Waals surface area (Å²) >= 11 is 0. The number of carbonyl (C=O) groups is 1. The van der Waals surface area contributed by atoms with E-state index in [4.69, 9.17) is 10.2 Å². The number of carbonyl (C=O) groups excluding carboxylic acids is 1. The molecule has 2 rings (SSSR count). The van der Waals surface area contributed by atoms with Crippen LogP contribution in [0.25, 0.3) is 0 Å². The third kappa shape index (κ3) is 2.88. The first-order valence-electron chi connectivity index (χ1n) is 6.36. The van der Waals surface area contributed by atoms with Crippen molar-refractivity contribution < 1.29 is 9.21 Å². The van der Waals surface area contributed by atoms with Crippen LogP contribution < -0.4 is 5.73 Å². The molecule has 1 saturated carbocycles. The van der Waals surface area contributed by atoms with Gasteiger partial charge in [-0.2, -0.15) is 0 Å². The zero-order chi connectivity index (χ0) is 12.3. The molecular weight excluding hydrogens is 216 g/mol. The van der Waals surface area contributed by atoms with Gasteiger partial charge >= 0.3 is 0 Å². The van der Waals surface area contributed by atoms with Crippen LogP contribution in [-0.4, -0.2) is 29.9 Å². The minimum Gasteiger partial charge on any atom is -0.456 e. The molecule has 0 radical (unpaired) electrons. The second kappa shape index (κ2) is 5.36. The summed E-state index contributed by atoms with van der Waals surface area (Å²) in [7, 11) is 0. The zero-order valence-corrected chi connectivity index (χ0v) is 10.3. The summed E-state index contributed by atoms with van der Waals surface area (Å²) in [5.41, 5.74) is 5.50. The molecule has 1 aliphatic carbocycles. The SMILES string of the molecule is CCc1ccc(C(=O)N(CCCN)C2CC2)o1. The van der Waals surface area contributed by atoms with Gasteiger partial charge in [0.25, 0.3) is 5.91 Å². The predicted molar refractivity (Wildman–Crippen MR) is 65.8 cm³/mol. The number of nitrogens with zero attached hydrogens (tertiary/aromatic N) is 1. The fourth-order valence-corrected chi connectivity index (χ4v) is 1.92. The molecule has 0 unspecified atom stereocenters. The smallest absolute Gasteiger partial charge is 0.289 e. The van der Waals surface area contributed by atoms with Gasteiger partial charge in [0.2, 0.25) is 0 Å². The number of nitrogens with two attached hydrogens (primary N) is 1. The van der Waals surface area contributed by atoms with Gasteiger partial charge in [-0.05, 0) is 37.9 Å². The second-order valence-corrected chi connectivity index (χ2v) is 4.49. The highest BCUT2D eigenvalue weighted by molar-refractivity contribution is 5.92. The van der Waals surface area contributed by atoms with Crippen LogP contribution in [0.4, 0.5) is 0 Å². The molecular formula is C13H20N2O2. The van der Waals surface area contributed by atoms with Gasteiger partial charge in [0.05, 0.1) is 0 Å². The highest BCUT2D eigenvalue weighted by Gasteiger charge is 2.33. The lowest BCUT2D eigenvalue weighted by atomic mass is 10.3. The number of aryl methyl sites for hydroxylation is 1. The van der Waals surface area contributed by atoms with Gasteiger partial charge < -0.3 is 15.1 Å². The van der Waals surface area contributed by atoms with E-state index >= 15 is 0 Å². The molecule has 0 aliphatic heterocycles. The summed E-state index contributed by atoms with van der Waals surface area (Å²) in [5.74, 6) is 1.34. The normalized spacial score (nSPS) is 14.9. The fraction of sp³-hybridized carbons (Fsp3) is 0.615. The quantitative estimate of drug-likeness (QED) is 0.819. The first-order chi connectivity index (χ1) is 8.26. The molecule has 1 fully saturated rings. The Bertz CT molecular complexity index is 383. The number of rotatable bonds is 6. The maximum absolute atomic E-state index is 12.3. The van der Waals surface area contributed by atoms with E-state index in [1.807, 2.05) is 17.9 Å². The van der Waals surface area contributed by atoms with Crippen molar-refractivity contribution in [1.82, 2.24) is 4.90 Å². The molecule has 0 atom stereocenters. The van der Waals surface area contributed by atoms with E-state index < -0.39 is 0 Å². The van der Waals surface area contributed by atoms with Crippen LogP contribution in [0.2, 0.25) is 0 Å². The highest BCUT2D eigenvalue weighted by atomic mass is 16.4. The Morgan fingerprint density at radius 3 is 2.82 bits per heavy atom. The highest BCUT2D eigenvalue weighted by Crippen LogP contribution is 2.28. The van der Waals surface area contributed by atoms with Gasteiger partial charge in [0.1, 0.15) is 5.76 Å². The van der Waals surface area contributed by atoms with Crippen molar-refractivity contribution in [2.45, 2.75) is 38.6 Å². The van der Waals surface area contributed by atoms with Crippen molar-refractivity contribution in [2.75, 3.05) is 13.1 Å². The van der Waals surface area contributed by atoms with E-state index in [2.05, 4.69) is 0 Å². The number of amides is 1. The summed E-state index contributed by atoms with van der Waals surface area (Å²) in [5, 5.41) is 0. The Kier molecular flexibility index (Phi) is 3.84. The topological polar surface area (TPSA) is 59.5 Å². The molecule has 0 saturated heterocycles. The van der Waals surface area contributed by atoms with Crippen molar-refractivity contribution in [2.24, 2.45) is 5.73 Å². The van der Waals surface area contributed by atoms with E-state index in [1.54, 1.807) is 6.07 Å². The summed E-state index contributed by atoms with van der Waals surface area (Å²) in [6, 6.07) is 4.06. The monoisotopic (exact) mass is 236 g/mol. The van der Waals surface area contributed by atoms with Gasteiger partial charge in [-0.1, -0.05) is 6.92 Å². The van der Waals surface area contributed by atoms with Crippen molar-refractivity contribution >= 4 is 5.91 Å². The molecule has 1 aliphatic rings. The van der Waals surface area contributed by atoms with Crippen molar-refractivity contribution in [3.63, 3.8) is 0 Å². The van der Waals surface area contributed by atoms with Gasteiger partial charge in [-0.3, -0.25) is 4.79 Å². The first-order valence-corrected chi connectivity index (χ1v) is 6.36. The largest absolute Gasteiger partial charge is 0.456 e. The molecule has 1 aromatic heterocycles. The van der Waals surface area contributed by atoms with Crippen LogP contribution >= 0.6 is 0 Å². The number of hydrogen-bond donors (Lipinski definition) is 1. The van der Waals surface area contributed by atoms with Crippen LogP contribution in [0.3, 0.4) is 0 Å². The average molecular weight is 236 g/mol. The van der Waals surface area contributed by atoms with Gasteiger partial charge in [0.15, 0.2) is 5.76 Å². The second-order valence-electron chi connectivity index (χ2n) is 4.49. The molecule has 1 aromatic rings. The minimum atomic E-state index is 0.0145. The van der Waals surface area contributed by atoms with Gasteiger partial charge in [-0.25, -0.2) is 0 Å². The minimum absolute atomic E-state index is 0.0145. The van der Waals surface area contributed by atoms with Crippen LogP contribution in [0, 0.1) is 0 Å². The average Bonchev–Trinajstić information content (AvgIpc) is 3.06. The van der Waals surface area contributed by atoms with E-state index in [1.165, 1.54) is 0 Å². The Balaban J connectivity index is 2.04. The third-order valence-electron chi connectivity index (χ3n) is 3.07. The van der Waals surface area contributed by atoms with E-state index in [9.17, 15) is 4.79 Å². The van der Waals surface area contributed by atoms with Crippen molar-refractivity contribution in [3.05, 3.63) is 23.7 Å². The summed E-state index contributed by atoms with van der Waals surface area (Å²) < 4.78 is 5.51. The van der Waals surface area contributed by atoms with Crippen LogP contribution in [0.5, 0.6) is 0 Å². The summed E-state index contributed by atoms with van der Waals surface area (Å²) in [6.45, 7) is 3.37. The Morgan fingerprint density at radius 1 is 1.53 bits per heavy atom. The molecule has 0 spiro atoms. The lowest BCUT2D eigenvalue weighted by Crippen LogP contribution is -2.34. The van der Waals surface area contributed by atoms with Gasteiger partial charge in [-0.15, -0.1) is 0 Å². The fourth-order valence-electron chi connectivity index (χ4n) is 1.92. The lowest BCUT2D eigenvalue weighted by molar-refractivity contribution is 0.0708. The van der Waals surface area contributed by atoms with Crippen LogP contribution in [-0.2, 0) is 6.42 Å². The van der Waals surface area contributed by atoms with Crippen LogP contribution in [0.1, 0.15) is 42.5 Å². The van der Waals surface area contributed by atoms with Gasteiger partial charge in [0, 0.05) is 19.0 Å². The first kappa shape index (κ1) is 12.2. The van der Waals surface area contributed by atoms with Crippen molar-refractivity contribution in [3.8, 4) is 0 Å². The maximum Gasteiger partial charge on any atom is 0.289 e. The van der Waals surface area contributed by atoms with E-state index in [-0.39, 0.29) is 5.91 Å². The molecule has 4 nitrogen and oxygen atoms in total. The molecule has 17 heavy (non-hydrogen) atoms. The Labute approximate surface area is 102 Å². The summed E-state index contributed by atoms with van der Waals surface area (Å²) in [4.78, 5) is 14.2. The number of furan rings is 1. The molecule has 0 aromatic carbocycles. The van der Waals surface area contributed by atoms with Crippen LogP contribution in [0.15, 0.2) is 16.5 Å². The molecule has 1 amide bonds. The predicted octanol–water partition coefficient (Wildman–Crippen LogP) is 1.80. The molecule has 2 N–H and O–H groups in total. The molecule has 0 bridgehead atoms. The van der Waals surface area contributed by atoms with E-state index in [0.717, 1.165) is 38.0 Å². The standard InChI is InChI=1S/C13H20N2O2/c1-2-11-6-7-12(17-11)13(16)15(9-3-8-14)10-4-5-10/h6-7,10H,2-5,8-9,14H2,1H3. The molecule has 4 heteroatoms. The summed E-state index contributed by atoms with van der Waals surface area (Å²) in [6.07, 6.45) is 3.89. The Morgan fingerprint density at radius 2 is 2.29 bits per heavy atom. The third-order valence-corrected chi connectivity index (χ3v) is 3.07. The van der Waals surface area contributed by atoms with Crippen molar-refractivity contribution in [1.29, 1.82) is 0 Å². The van der Waals surface area contributed by atoms with E-state index in [0.29, 0.717) is 18.3 Å². The Hall–Kier alpha value is -1.29. The lowest BCUT2D eigenvalue weighted by Gasteiger charge is -2.20. The molecule has 94 valence electrons. The molecule has 1 heterocycles. The number of hydrogen-bond acceptors (Lipinski definition) is 3. The zero-order valence-electron chi connectivity index (χ0n) is 10.3.